The van der Waals surface area contributed by atoms with Crippen molar-refractivity contribution < 1.29 is 13.6 Å². The lowest BCUT2D eigenvalue weighted by Gasteiger charge is -2.04. The van der Waals surface area contributed by atoms with Crippen LogP contribution in [0, 0.1) is 0 Å². The number of hydrogen-bond acceptors (Lipinski definition) is 2. The third-order valence-corrected chi connectivity index (χ3v) is 3.76. The van der Waals surface area contributed by atoms with Crippen molar-refractivity contribution in [3.05, 3.63) is 95.6 Å². The maximum atomic E-state index is 12.5. The second-order valence-electron chi connectivity index (χ2n) is 5.54. The van der Waals surface area contributed by atoms with Gasteiger partial charge in [0.1, 0.15) is 6.61 Å². The molecule has 2 nitrogen and oxygen atoms in total. The van der Waals surface area contributed by atoms with Gasteiger partial charge in [-0.2, -0.15) is 0 Å². The number of alkyl halides is 2. The molecule has 0 radical (unpaired) electrons. The predicted octanol–water partition coefficient (Wildman–Crippen LogP) is 5.84. The number of oxime groups is 1. The van der Waals surface area contributed by atoms with Crippen molar-refractivity contribution in [2.24, 2.45) is 5.16 Å². The van der Waals surface area contributed by atoms with Gasteiger partial charge in [-0.3, -0.25) is 0 Å². The highest BCUT2D eigenvalue weighted by Crippen LogP contribution is 2.20. The molecule has 0 N–H and O–H groups in total. The molecule has 0 aromatic heterocycles. The van der Waals surface area contributed by atoms with E-state index < -0.39 is 6.43 Å². The summed E-state index contributed by atoms with van der Waals surface area (Å²) in [5, 5.41) is 3.88. The Labute approximate surface area is 145 Å². The summed E-state index contributed by atoms with van der Waals surface area (Å²) in [5.74, 6) is 0. The second-order valence-corrected chi connectivity index (χ2v) is 5.54. The lowest BCUT2D eigenvalue weighted by molar-refractivity contribution is 0.132. The molecule has 0 spiro atoms. The summed E-state index contributed by atoms with van der Waals surface area (Å²) in [6, 6.07) is 24.2. The molecule has 0 fully saturated rings. The van der Waals surface area contributed by atoms with Crippen molar-refractivity contribution in [3.63, 3.8) is 0 Å². The first-order valence-corrected chi connectivity index (χ1v) is 7.90. The fourth-order valence-corrected chi connectivity index (χ4v) is 2.36. The van der Waals surface area contributed by atoms with E-state index in [2.05, 4.69) is 17.3 Å². The summed E-state index contributed by atoms with van der Waals surface area (Å²) in [7, 11) is 0. The molecule has 3 aromatic carbocycles. The number of halogens is 2. The second kappa shape index (κ2) is 8.20. The molecule has 126 valence electrons. The Kier molecular flexibility index (Phi) is 5.52. The summed E-state index contributed by atoms with van der Waals surface area (Å²) in [6.07, 6.45) is -0.950. The fraction of sp³-hybridized carbons (Fsp3) is 0.0952. The van der Waals surface area contributed by atoms with Crippen molar-refractivity contribution in [1.82, 2.24) is 0 Å². The molecule has 25 heavy (non-hydrogen) atoms. The van der Waals surface area contributed by atoms with Gasteiger partial charge in [-0.25, -0.2) is 8.78 Å². The molecule has 3 rings (SSSR count). The molecule has 3 aromatic rings. The molecule has 0 aliphatic carbocycles. The van der Waals surface area contributed by atoms with Gasteiger partial charge in [-0.1, -0.05) is 84.0 Å². The molecule has 0 saturated carbocycles. The van der Waals surface area contributed by atoms with Crippen molar-refractivity contribution in [3.8, 4) is 11.1 Å². The predicted molar refractivity (Wildman–Crippen MR) is 95.7 cm³/mol. The van der Waals surface area contributed by atoms with Crippen LogP contribution < -0.4 is 0 Å². The van der Waals surface area contributed by atoms with E-state index in [9.17, 15) is 8.78 Å². The van der Waals surface area contributed by atoms with Gasteiger partial charge in [0, 0.05) is 5.56 Å². The van der Waals surface area contributed by atoms with Crippen LogP contribution in [-0.2, 0) is 11.4 Å². The van der Waals surface area contributed by atoms with Crippen molar-refractivity contribution >= 4 is 6.21 Å². The molecule has 0 aliphatic rings. The SMILES string of the molecule is FC(F)c1ccc(C=NOCc2ccc(-c3ccccc3)cc2)cc1. The average molecular weight is 337 g/mol. The van der Waals surface area contributed by atoms with Crippen LogP contribution in [-0.4, -0.2) is 6.21 Å². The maximum Gasteiger partial charge on any atom is 0.263 e. The minimum atomic E-state index is -2.46. The quantitative estimate of drug-likeness (QED) is 0.409. The first kappa shape index (κ1) is 16.8. The third-order valence-electron chi connectivity index (χ3n) is 3.76. The molecular weight excluding hydrogens is 320 g/mol. The van der Waals surface area contributed by atoms with Crippen molar-refractivity contribution in [2.75, 3.05) is 0 Å². The van der Waals surface area contributed by atoms with Gasteiger partial charge in [0.05, 0.1) is 6.21 Å². The summed E-state index contributed by atoms with van der Waals surface area (Å²) in [4.78, 5) is 5.27. The van der Waals surface area contributed by atoms with E-state index in [4.69, 9.17) is 4.84 Å². The third kappa shape index (κ3) is 4.73. The monoisotopic (exact) mass is 337 g/mol. The Balaban J connectivity index is 1.53. The Morgan fingerprint density at radius 1 is 0.800 bits per heavy atom. The van der Waals surface area contributed by atoms with E-state index in [1.807, 2.05) is 42.5 Å². The van der Waals surface area contributed by atoms with Crippen LogP contribution in [0.1, 0.15) is 23.1 Å². The number of benzene rings is 3. The maximum absolute atomic E-state index is 12.5. The summed E-state index contributed by atoms with van der Waals surface area (Å²) < 4.78 is 24.9. The van der Waals surface area contributed by atoms with Gasteiger partial charge < -0.3 is 4.84 Å². The minimum Gasteiger partial charge on any atom is -0.391 e. The van der Waals surface area contributed by atoms with E-state index in [-0.39, 0.29) is 5.56 Å². The van der Waals surface area contributed by atoms with Gasteiger partial charge >= 0.3 is 0 Å². The van der Waals surface area contributed by atoms with Gasteiger partial charge in [0.25, 0.3) is 6.43 Å². The Bertz CT molecular complexity index is 813. The molecule has 0 atom stereocenters. The Morgan fingerprint density at radius 3 is 2.08 bits per heavy atom. The van der Waals surface area contributed by atoms with E-state index >= 15 is 0 Å². The summed E-state index contributed by atoms with van der Waals surface area (Å²) >= 11 is 0. The van der Waals surface area contributed by atoms with Gasteiger partial charge in [-0.05, 0) is 22.3 Å². The minimum absolute atomic E-state index is 0.00317. The van der Waals surface area contributed by atoms with Crippen LogP contribution in [0.25, 0.3) is 11.1 Å². The number of rotatable bonds is 6. The fourth-order valence-electron chi connectivity index (χ4n) is 2.36. The van der Waals surface area contributed by atoms with Crippen molar-refractivity contribution in [2.45, 2.75) is 13.0 Å². The standard InChI is InChI=1S/C21H17F2NO/c22-21(23)20-12-6-16(7-13-20)14-24-25-15-17-8-10-19(11-9-17)18-4-2-1-3-5-18/h1-14,21H,15H2. The lowest BCUT2D eigenvalue weighted by atomic mass is 10.0. The van der Waals surface area contributed by atoms with Gasteiger partial charge in [-0.15, -0.1) is 0 Å². The average Bonchev–Trinajstić information content (AvgIpc) is 2.67. The topological polar surface area (TPSA) is 21.6 Å². The first-order chi connectivity index (χ1) is 12.2. The molecule has 0 saturated heterocycles. The zero-order valence-electron chi connectivity index (χ0n) is 13.5. The van der Waals surface area contributed by atoms with Crippen LogP contribution in [0.4, 0.5) is 8.78 Å². The molecule has 0 bridgehead atoms. The Hall–Kier alpha value is -3.01. The molecular formula is C21H17F2NO. The smallest absolute Gasteiger partial charge is 0.263 e. The highest BCUT2D eigenvalue weighted by molar-refractivity contribution is 5.79. The molecule has 0 heterocycles. The summed E-state index contributed by atoms with van der Waals surface area (Å²) in [5.41, 5.74) is 4.03. The molecule has 0 unspecified atom stereocenters. The van der Waals surface area contributed by atoms with Crippen LogP contribution in [0.2, 0.25) is 0 Å². The highest BCUT2D eigenvalue weighted by atomic mass is 19.3. The first-order valence-electron chi connectivity index (χ1n) is 7.90. The summed E-state index contributed by atoms with van der Waals surface area (Å²) in [6.45, 7) is 0.348. The van der Waals surface area contributed by atoms with E-state index in [1.54, 1.807) is 12.1 Å². The van der Waals surface area contributed by atoms with E-state index in [1.165, 1.54) is 23.9 Å². The normalized spacial score (nSPS) is 11.2. The largest absolute Gasteiger partial charge is 0.391 e. The van der Waals surface area contributed by atoms with E-state index in [0.717, 1.165) is 11.1 Å². The molecule has 4 heteroatoms. The Morgan fingerprint density at radius 2 is 1.44 bits per heavy atom. The van der Waals surface area contributed by atoms with Crippen LogP contribution >= 0.6 is 0 Å². The zero-order valence-corrected chi connectivity index (χ0v) is 13.5. The molecule has 0 amide bonds. The van der Waals surface area contributed by atoms with Gasteiger partial charge in [0.2, 0.25) is 0 Å². The lowest BCUT2D eigenvalue weighted by Crippen LogP contribution is -1.89. The molecule has 0 aliphatic heterocycles. The highest BCUT2D eigenvalue weighted by Gasteiger charge is 2.05. The van der Waals surface area contributed by atoms with Crippen molar-refractivity contribution in [1.29, 1.82) is 0 Å². The number of hydrogen-bond donors (Lipinski definition) is 0. The zero-order chi connectivity index (χ0) is 17.5. The van der Waals surface area contributed by atoms with Crippen LogP contribution in [0.5, 0.6) is 0 Å². The van der Waals surface area contributed by atoms with E-state index in [0.29, 0.717) is 12.2 Å². The van der Waals surface area contributed by atoms with Gasteiger partial charge in [0.15, 0.2) is 0 Å². The van der Waals surface area contributed by atoms with Crippen LogP contribution in [0.3, 0.4) is 0 Å². The van der Waals surface area contributed by atoms with Crippen LogP contribution in [0.15, 0.2) is 84.0 Å². The number of nitrogens with zero attached hydrogens (tertiary/aromatic N) is 1.